The zero-order valence-electron chi connectivity index (χ0n) is 13.1. The number of nitrogens with zero attached hydrogens (tertiary/aromatic N) is 2. The van der Waals surface area contributed by atoms with Gasteiger partial charge in [-0.05, 0) is 38.3 Å². The summed E-state index contributed by atoms with van der Waals surface area (Å²) in [5, 5.41) is 6.98. The topological polar surface area (TPSA) is 51.0 Å². The van der Waals surface area contributed by atoms with E-state index in [2.05, 4.69) is 27.6 Å². The molecule has 5 heteroatoms. The van der Waals surface area contributed by atoms with Gasteiger partial charge in [-0.15, -0.1) is 11.3 Å². The molecule has 1 saturated carbocycles. The van der Waals surface area contributed by atoms with Gasteiger partial charge in [-0.3, -0.25) is 5.32 Å². The molecule has 2 aromatic heterocycles. The molecule has 0 aliphatic heterocycles. The normalized spacial score (nSPS) is 16.2. The van der Waals surface area contributed by atoms with Crippen LogP contribution < -0.4 is 5.32 Å². The summed E-state index contributed by atoms with van der Waals surface area (Å²) in [6, 6.07) is 9.99. The highest BCUT2D eigenvalue weighted by molar-refractivity contribution is 7.09. The predicted molar refractivity (Wildman–Crippen MR) is 91.2 cm³/mol. The summed E-state index contributed by atoms with van der Waals surface area (Å²) in [5.41, 5.74) is 2.13. The standard InChI is InChI=1S/C18H19N3OS/c1-13-12-23-17(21-13)18(8-5-9-18)20-11-15-10-19-16(22-15)14-6-3-2-4-7-14/h2-4,6-7,10,12,20H,5,8-9,11H2,1H3. The lowest BCUT2D eigenvalue weighted by Gasteiger charge is -2.40. The molecule has 1 fully saturated rings. The first kappa shape index (κ1) is 14.6. The van der Waals surface area contributed by atoms with E-state index in [1.54, 1.807) is 11.3 Å². The molecule has 0 saturated heterocycles. The van der Waals surface area contributed by atoms with Crippen molar-refractivity contribution in [3.63, 3.8) is 0 Å². The predicted octanol–water partition coefficient (Wildman–Crippen LogP) is 4.28. The lowest BCUT2D eigenvalue weighted by atomic mass is 9.77. The largest absolute Gasteiger partial charge is 0.440 e. The van der Waals surface area contributed by atoms with Crippen LogP contribution in [0.15, 0.2) is 46.3 Å². The second kappa shape index (κ2) is 5.91. The molecule has 4 rings (SSSR count). The first-order valence-electron chi connectivity index (χ1n) is 7.93. The summed E-state index contributed by atoms with van der Waals surface area (Å²) in [5.74, 6) is 1.54. The molecule has 1 aliphatic carbocycles. The number of benzene rings is 1. The molecule has 118 valence electrons. The number of hydrogen-bond acceptors (Lipinski definition) is 5. The Bertz CT molecular complexity index is 789. The zero-order valence-corrected chi connectivity index (χ0v) is 13.9. The molecule has 0 spiro atoms. The Hall–Kier alpha value is -1.98. The molecule has 1 aromatic carbocycles. The average Bonchev–Trinajstić information content (AvgIpc) is 3.17. The molecular weight excluding hydrogens is 306 g/mol. The number of hydrogen-bond donors (Lipinski definition) is 1. The van der Waals surface area contributed by atoms with Gasteiger partial charge in [0.15, 0.2) is 0 Å². The Labute approximate surface area is 139 Å². The number of aryl methyl sites for hydroxylation is 1. The number of oxazole rings is 1. The fourth-order valence-electron chi connectivity index (χ4n) is 2.93. The number of rotatable bonds is 5. The quantitative estimate of drug-likeness (QED) is 0.761. The first-order valence-corrected chi connectivity index (χ1v) is 8.81. The molecule has 0 amide bonds. The molecular formula is C18H19N3OS. The Morgan fingerprint density at radius 3 is 2.74 bits per heavy atom. The van der Waals surface area contributed by atoms with Crippen molar-refractivity contribution in [1.29, 1.82) is 0 Å². The maximum absolute atomic E-state index is 5.88. The van der Waals surface area contributed by atoms with Crippen molar-refractivity contribution in [2.24, 2.45) is 0 Å². The minimum atomic E-state index is 0.0264. The molecule has 3 aromatic rings. The van der Waals surface area contributed by atoms with Crippen LogP contribution in [-0.2, 0) is 12.1 Å². The van der Waals surface area contributed by atoms with Gasteiger partial charge >= 0.3 is 0 Å². The van der Waals surface area contributed by atoms with Gasteiger partial charge in [0, 0.05) is 16.6 Å². The zero-order chi connectivity index (χ0) is 15.7. The van der Waals surface area contributed by atoms with Gasteiger partial charge in [-0.2, -0.15) is 0 Å². The van der Waals surface area contributed by atoms with Crippen molar-refractivity contribution >= 4 is 11.3 Å². The Morgan fingerprint density at radius 2 is 2.09 bits per heavy atom. The van der Waals surface area contributed by atoms with Crippen LogP contribution >= 0.6 is 11.3 Å². The molecule has 1 aliphatic rings. The Morgan fingerprint density at radius 1 is 1.26 bits per heavy atom. The second-order valence-corrected chi connectivity index (χ2v) is 6.94. The van der Waals surface area contributed by atoms with Gasteiger partial charge in [-0.1, -0.05) is 18.2 Å². The first-order chi connectivity index (χ1) is 11.3. The van der Waals surface area contributed by atoms with E-state index in [9.17, 15) is 0 Å². The second-order valence-electron chi connectivity index (χ2n) is 6.08. The van der Waals surface area contributed by atoms with Crippen LogP contribution in [-0.4, -0.2) is 9.97 Å². The third-order valence-electron chi connectivity index (χ3n) is 4.41. The van der Waals surface area contributed by atoms with Gasteiger partial charge in [0.1, 0.15) is 10.8 Å². The van der Waals surface area contributed by atoms with Crippen molar-refractivity contribution in [2.75, 3.05) is 0 Å². The minimum absolute atomic E-state index is 0.0264. The molecule has 0 unspecified atom stereocenters. The van der Waals surface area contributed by atoms with Crippen molar-refractivity contribution < 1.29 is 4.42 Å². The highest BCUT2D eigenvalue weighted by atomic mass is 32.1. The minimum Gasteiger partial charge on any atom is -0.440 e. The molecule has 1 N–H and O–H groups in total. The van der Waals surface area contributed by atoms with Crippen LogP contribution in [0.25, 0.3) is 11.5 Å². The summed E-state index contributed by atoms with van der Waals surface area (Å²) in [6.07, 6.45) is 5.34. The summed E-state index contributed by atoms with van der Waals surface area (Å²) >= 11 is 1.75. The lowest BCUT2D eigenvalue weighted by molar-refractivity contribution is 0.178. The fraction of sp³-hybridized carbons (Fsp3) is 0.333. The van der Waals surface area contributed by atoms with Gasteiger partial charge in [0.05, 0.1) is 18.3 Å². The van der Waals surface area contributed by atoms with E-state index in [0.717, 1.165) is 29.9 Å². The van der Waals surface area contributed by atoms with Crippen LogP contribution in [0.5, 0.6) is 0 Å². The number of aromatic nitrogens is 2. The fourth-order valence-corrected chi connectivity index (χ4v) is 3.96. The summed E-state index contributed by atoms with van der Waals surface area (Å²) in [6.45, 7) is 2.73. The van der Waals surface area contributed by atoms with E-state index < -0.39 is 0 Å². The summed E-state index contributed by atoms with van der Waals surface area (Å²) in [4.78, 5) is 9.07. The van der Waals surface area contributed by atoms with Gasteiger partial charge in [-0.25, -0.2) is 9.97 Å². The van der Waals surface area contributed by atoms with E-state index in [0.29, 0.717) is 12.4 Å². The molecule has 2 heterocycles. The summed E-state index contributed by atoms with van der Waals surface area (Å²) in [7, 11) is 0. The van der Waals surface area contributed by atoms with Crippen molar-refractivity contribution in [2.45, 2.75) is 38.3 Å². The monoisotopic (exact) mass is 325 g/mol. The van der Waals surface area contributed by atoms with Crippen LogP contribution in [0.2, 0.25) is 0 Å². The third kappa shape index (κ3) is 2.82. The van der Waals surface area contributed by atoms with E-state index in [4.69, 9.17) is 4.42 Å². The molecule has 0 bridgehead atoms. The number of thiazole rings is 1. The average molecular weight is 325 g/mol. The van der Waals surface area contributed by atoms with E-state index in [1.165, 1.54) is 11.4 Å². The lowest BCUT2D eigenvalue weighted by Crippen LogP contribution is -2.47. The molecule has 0 atom stereocenters. The Kier molecular flexibility index (Phi) is 3.75. The van der Waals surface area contributed by atoms with Gasteiger partial charge in [0.2, 0.25) is 5.89 Å². The third-order valence-corrected chi connectivity index (χ3v) is 5.58. The molecule has 23 heavy (non-hydrogen) atoms. The van der Waals surface area contributed by atoms with Crippen molar-refractivity contribution in [3.05, 3.63) is 58.4 Å². The van der Waals surface area contributed by atoms with Crippen molar-refractivity contribution in [3.8, 4) is 11.5 Å². The van der Waals surface area contributed by atoms with Crippen LogP contribution in [0.3, 0.4) is 0 Å². The van der Waals surface area contributed by atoms with Crippen LogP contribution in [0.4, 0.5) is 0 Å². The molecule has 0 radical (unpaired) electrons. The van der Waals surface area contributed by atoms with E-state index in [-0.39, 0.29) is 5.54 Å². The maximum atomic E-state index is 5.88. The van der Waals surface area contributed by atoms with Crippen LogP contribution in [0.1, 0.15) is 35.7 Å². The van der Waals surface area contributed by atoms with Crippen LogP contribution in [0, 0.1) is 6.92 Å². The van der Waals surface area contributed by atoms with E-state index in [1.807, 2.05) is 36.5 Å². The SMILES string of the molecule is Cc1csc(C2(NCc3cnc(-c4ccccc4)o3)CCC2)n1. The van der Waals surface area contributed by atoms with Gasteiger partial charge < -0.3 is 4.42 Å². The maximum Gasteiger partial charge on any atom is 0.226 e. The highest BCUT2D eigenvalue weighted by Gasteiger charge is 2.40. The highest BCUT2D eigenvalue weighted by Crippen LogP contribution is 2.42. The Balaban J connectivity index is 1.48. The number of nitrogens with one attached hydrogen (secondary N) is 1. The van der Waals surface area contributed by atoms with E-state index >= 15 is 0 Å². The van der Waals surface area contributed by atoms with Crippen molar-refractivity contribution in [1.82, 2.24) is 15.3 Å². The smallest absolute Gasteiger partial charge is 0.226 e. The van der Waals surface area contributed by atoms with Gasteiger partial charge in [0.25, 0.3) is 0 Å². The molecule has 4 nitrogen and oxygen atoms in total. The summed E-state index contributed by atoms with van der Waals surface area (Å²) < 4.78 is 5.88.